The molecular formula is C25H35N3O3S. The Morgan fingerprint density at radius 2 is 1.97 bits per heavy atom. The number of likely N-dealkylation sites (N-methyl/N-ethyl adjacent to an activating group) is 1. The Morgan fingerprint density at radius 3 is 2.69 bits per heavy atom. The number of nitrogens with one attached hydrogen (secondary N) is 1. The third-order valence-corrected chi connectivity index (χ3v) is 7.19. The maximum absolute atomic E-state index is 12.9. The second kappa shape index (κ2) is 12.7. The number of benzene rings is 1. The van der Waals surface area contributed by atoms with Crippen molar-refractivity contribution in [3.8, 4) is 11.5 Å². The van der Waals surface area contributed by atoms with E-state index in [9.17, 15) is 4.79 Å². The fraction of sp³-hybridized carbons (Fsp3) is 0.520. The second-order valence-electron chi connectivity index (χ2n) is 7.92. The fourth-order valence-electron chi connectivity index (χ4n) is 3.86. The summed E-state index contributed by atoms with van der Waals surface area (Å²) in [4.78, 5) is 19.7. The average molecular weight is 458 g/mol. The Balaban J connectivity index is 1.58. The SMILES string of the molecule is CCN(CC)CCOc1ccc(CNC(=O)c2cccnc2SC2CCCC2)cc1OC. The Labute approximate surface area is 196 Å². The molecule has 1 aliphatic carbocycles. The highest BCUT2D eigenvalue weighted by atomic mass is 32.2. The molecule has 174 valence electrons. The number of hydrogen-bond donors (Lipinski definition) is 1. The number of pyridine rings is 1. The zero-order chi connectivity index (χ0) is 22.8. The molecule has 1 N–H and O–H groups in total. The molecule has 0 bridgehead atoms. The van der Waals surface area contributed by atoms with E-state index in [1.54, 1.807) is 25.1 Å². The summed E-state index contributed by atoms with van der Waals surface area (Å²) in [6.07, 6.45) is 6.70. The van der Waals surface area contributed by atoms with E-state index in [1.165, 1.54) is 25.7 Å². The Bertz CT molecular complexity index is 867. The number of methoxy groups -OCH3 is 1. The van der Waals surface area contributed by atoms with Crippen LogP contribution in [0.3, 0.4) is 0 Å². The summed E-state index contributed by atoms with van der Waals surface area (Å²) in [5.41, 5.74) is 1.60. The molecule has 0 spiro atoms. The van der Waals surface area contributed by atoms with Crippen LogP contribution in [0.2, 0.25) is 0 Å². The summed E-state index contributed by atoms with van der Waals surface area (Å²) in [5, 5.41) is 4.42. The summed E-state index contributed by atoms with van der Waals surface area (Å²) < 4.78 is 11.4. The molecule has 1 aromatic carbocycles. The van der Waals surface area contributed by atoms with Gasteiger partial charge < -0.3 is 19.7 Å². The van der Waals surface area contributed by atoms with Crippen LogP contribution in [0.5, 0.6) is 11.5 Å². The van der Waals surface area contributed by atoms with Crippen LogP contribution in [0, 0.1) is 0 Å². The zero-order valence-corrected chi connectivity index (χ0v) is 20.2. The standard InChI is InChI=1S/C25H35N3O3S/c1-4-28(5-2)15-16-31-22-13-12-19(17-23(22)30-3)18-27-24(29)21-11-8-14-26-25(21)32-20-9-6-7-10-20/h8,11-14,17,20H,4-7,9-10,15-16,18H2,1-3H3,(H,27,29). The highest BCUT2D eigenvalue weighted by molar-refractivity contribution is 7.99. The molecule has 7 heteroatoms. The third kappa shape index (κ3) is 6.87. The number of ether oxygens (including phenoxy) is 2. The van der Waals surface area contributed by atoms with Crippen molar-refractivity contribution in [2.75, 3.05) is 33.4 Å². The Hall–Kier alpha value is -2.25. The van der Waals surface area contributed by atoms with Gasteiger partial charge in [-0.05, 0) is 55.8 Å². The Morgan fingerprint density at radius 1 is 1.19 bits per heavy atom. The molecule has 32 heavy (non-hydrogen) atoms. The quantitative estimate of drug-likeness (QED) is 0.495. The first-order valence-electron chi connectivity index (χ1n) is 11.6. The molecule has 1 heterocycles. The molecule has 1 amide bonds. The number of rotatable bonds is 12. The predicted octanol–water partition coefficient (Wildman–Crippen LogP) is 4.78. The summed E-state index contributed by atoms with van der Waals surface area (Å²) in [7, 11) is 1.64. The van der Waals surface area contributed by atoms with E-state index < -0.39 is 0 Å². The first kappa shape index (κ1) is 24.4. The van der Waals surface area contributed by atoms with Gasteiger partial charge in [0.05, 0.1) is 12.7 Å². The van der Waals surface area contributed by atoms with E-state index in [-0.39, 0.29) is 5.91 Å². The van der Waals surface area contributed by atoms with Crippen molar-refractivity contribution in [3.63, 3.8) is 0 Å². The lowest BCUT2D eigenvalue weighted by atomic mass is 10.2. The first-order valence-corrected chi connectivity index (χ1v) is 12.4. The van der Waals surface area contributed by atoms with Crippen LogP contribution in [-0.2, 0) is 6.54 Å². The highest BCUT2D eigenvalue weighted by Crippen LogP contribution is 2.35. The largest absolute Gasteiger partial charge is 0.493 e. The molecule has 0 atom stereocenters. The summed E-state index contributed by atoms with van der Waals surface area (Å²) in [6.45, 7) is 8.21. The summed E-state index contributed by atoms with van der Waals surface area (Å²) in [6, 6.07) is 9.47. The van der Waals surface area contributed by atoms with Crippen LogP contribution in [0.1, 0.15) is 55.5 Å². The van der Waals surface area contributed by atoms with Crippen molar-refractivity contribution in [1.82, 2.24) is 15.2 Å². The molecule has 2 aromatic rings. The van der Waals surface area contributed by atoms with Gasteiger partial charge in [-0.3, -0.25) is 4.79 Å². The molecule has 0 saturated heterocycles. The van der Waals surface area contributed by atoms with Gasteiger partial charge in [0.2, 0.25) is 0 Å². The first-order chi connectivity index (χ1) is 15.6. The second-order valence-corrected chi connectivity index (χ2v) is 9.21. The number of hydrogen-bond acceptors (Lipinski definition) is 6. The molecular weight excluding hydrogens is 422 g/mol. The number of amides is 1. The van der Waals surface area contributed by atoms with Gasteiger partial charge in [0, 0.05) is 24.5 Å². The number of carbonyl (C=O) groups is 1. The minimum Gasteiger partial charge on any atom is -0.493 e. The normalized spacial score (nSPS) is 14.0. The maximum Gasteiger partial charge on any atom is 0.254 e. The van der Waals surface area contributed by atoms with Gasteiger partial charge in [-0.2, -0.15) is 0 Å². The van der Waals surface area contributed by atoms with Crippen molar-refractivity contribution in [3.05, 3.63) is 47.7 Å². The van der Waals surface area contributed by atoms with Gasteiger partial charge in [-0.25, -0.2) is 4.98 Å². The van der Waals surface area contributed by atoms with Crippen LogP contribution in [0.15, 0.2) is 41.6 Å². The lowest BCUT2D eigenvalue weighted by molar-refractivity contribution is 0.0947. The Kier molecular flexibility index (Phi) is 9.68. The molecule has 0 aliphatic heterocycles. The summed E-state index contributed by atoms with van der Waals surface area (Å²) >= 11 is 1.74. The van der Waals surface area contributed by atoms with Crippen LogP contribution in [-0.4, -0.2) is 54.4 Å². The molecule has 3 rings (SSSR count). The molecule has 6 nitrogen and oxygen atoms in total. The molecule has 1 aromatic heterocycles. The van der Waals surface area contributed by atoms with Crippen LogP contribution in [0.4, 0.5) is 0 Å². The van der Waals surface area contributed by atoms with Crippen molar-refractivity contribution >= 4 is 17.7 Å². The topological polar surface area (TPSA) is 63.7 Å². The van der Waals surface area contributed by atoms with Crippen LogP contribution < -0.4 is 14.8 Å². The van der Waals surface area contributed by atoms with Gasteiger partial charge in [-0.1, -0.05) is 32.8 Å². The van der Waals surface area contributed by atoms with Gasteiger partial charge in [0.25, 0.3) is 5.91 Å². The van der Waals surface area contributed by atoms with E-state index in [4.69, 9.17) is 9.47 Å². The fourth-order valence-corrected chi connectivity index (χ4v) is 5.16. The highest BCUT2D eigenvalue weighted by Gasteiger charge is 2.20. The zero-order valence-electron chi connectivity index (χ0n) is 19.4. The number of aromatic nitrogens is 1. The third-order valence-electron chi connectivity index (χ3n) is 5.84. The molecule has 0 radical (unpaired) electrons. The van der Waals surface area contributed by atoms with Crippen LogP contribution >= 0.6 is 11.8 Å². The van der Waals surface area contributed by atoms with E-state index in [0.717, 1.165) is 36.0 Å². The smallest absolute Gasteiger partial charge is 0.254 e. The molecule has 1 fully saturated rings. The van der Waals surface area contributed by atoms with E-state index >= 15 is 0 Å². The van der Waals surface area contributed by atoms with Crippen molar-refractivity contribution in [2.45, 2.75) is 56.4 Å². The van der Waals surface area contributed by atoms with Crippen molar-refractivity contribution in [2.24, 2.45) is 0 Å². The minimum absolute atomic E-state index is 0.0999. The van der Waals surface area contributed by atoms with Crippen molar-refractivity contribution < 1.29 is 14.3 Å². The molecule has 1 aliphatic rings. The van der Waals surface area contributed by atoms with Gasteiger partial charge in [-0.15, -0.1) is 11.8 Å². The van der Waals surface area contributed by atoms with E-state index in [2.05, 4.69) is 29.0 Å². The van der Waals surface area contributed by atoms with Crippen molar-refractivity contribution in [1.29, 1.82) is 0 Å². The maximum atomic E-state index is 12.9. The van der Waals surface area contributed by atoms with E-state index in [0.29, 0.717) is 29.7 Å². The van der Waals surface area contributed by atoms with Gasteiger partial charge >= 0.3 is 0 Å². The minimum atomic E-state index is -0.0999. The average Bonchev–Trinajstić information content (AvgIpc) is 3.34. The monoisotopic (exact) mass is 457 g/mol. The van der Waals surface area contributed by atoms with Gasteiger partial charge in [0.1, 0.15) is 11.6 Å². The number of thioether (sulfide) groups is 1. The van der Waals surface area contributed by atoms with Gasteiger partial charge in [0.15, 0.2) is 11.5 Å². The summed E-state index contributed by atoms with van der Waals surface area (Å²) in [5.74, 6) is 1.30. The van der Waals surface area contributed by atoms with E-state index in [1.807, 2.05) is 30.3 Å². The predicted molar refractivity (Wildman–Crippen MR) is 130 cm³/mol. The van der Waals surface area contributed by atoms with Crippen LogP contribution in [0.25, 0.3) is 0 Å². The number of carbonyl (C=O) groups excluding carboxylic acids is 1. The molecule has 0 unspecified atom stereocenters. The number of nitrogens with zero attached hydrogens (tertiary/aromatic N) is 2. The lowest BCUT2D eigenvalue weighted by Gasteiger charge is -2.19. The lowest BCUT2D eigenvalue weighted by Crippen LogP contribution is -2.28. The molecule has 1 saturated carbocycles.